The third-order valence-electron chi connectivity index (χ3n) is 2.98. The van der Waals surface area contributed by atoms with Gasteiger partial charge in [-0.15, -0.1) is 12.4 Å². The summed E-state index contributed by atoms with van der Waals surface area (Å²) < 4.78 is 5.66. The molecule has 0 aliphatic rings. The molecule has 1 aromatic carbocycles. The molecule has 0 aromatic heterocycles. The number of aryl methyl sites for hydroxylation is 2. The van der Waals surface area contributed by atoms with Gasteiger partial charge in [0.1, 0.15) is 5.75 Å². The van der Waals surface area contributed by atoms with Crippen molar-refractivity contribution in [3.8, 4) is 5.75 Å². The lowest BCUT2D eigenvalue weighted by Gasteiger charge is -2.10. The molecule has 0 spiro atoms. The van der Waals surface area contributed by atoms with Gasteiger partial charge in [-0.25, -0.2) is 0 Å². The molecule has 0 saturated heterocycles. The third-order valence-corrected chi connectivity index (χ3v) is 2.98. The summed E-state index contributed by atoms with van der Waals surface area (Å²) in [5.74, 6) is 0.899. The smallest absolute Gasteiger partial charge is 0.223 e. The van der Waals surface area contributed by atoms with Crippen LogP contribution < -0.4 is 15.4 Å². The molecular formula is C16H27ClN2O2. The van der Waals surface area contributed by atoms with E-state index in [0.717, 1.165) is 36.4 Å². The van der Waals surface area contributed by atoms with Crippen LogP contribution in [0.25, 0.3) is 0 Å². The van der Waals surface area contributed by atoms with Gasteiger partial charge in [-0.1, -0.05) is 19.1 Å². The van der Waals surface area contributed by atoms with Gasteiger partial charge in [-0.05, 0) is 44.0 Å². The topological polar surface area (TPSA) is 50.4 Å². The average Bonchev–Trinajstić information content (AvgIpc) is 2.42. The molecule has 0 atom stereocenters. The summed E-state index contributed by atoms with van der Waals surface area (Å²) in [4.78, 5) is 11.6. The highest BCUT2D eigenvalue weighted by atomic mass is 35.5. The van der Waals surface area contributed by atoms with E-state index in [1.54, 1.807) is 0 Å². The number of hydrogen-bond acceptors (Lipinski definition) is 3. The highest BCUT2D eigenvalue weighted by Gasteiger charge is 2.03. The lowest BCUT2D eigenvalue weighted by atomic mass is 10.1. The average molecular weight is 315 g/mol. The molecule has 1 amide bonds. The molecule has 1 aromatic rings. The molecule has 4 nitrogen and oxygen atoms in total. The number of benzene rings is 1. The minimum Gasteiger partial charge on any atom is -0.493 e. The zero-order chi connectivity index (χ0) is 14.8. The Morgan fingerprint density at radius 3 is 2.67 bits per heavy atom. The summed E-state index contributed by atoms with van der Waals surface area (Å²) >= 11 is 0. The van der Waals surface area contributed by atoms with Crippen LogP contribution in [0.1, 0.15) is 30.9 Å². The van der Waals surface area contributed by atoms with E-state index in [1.165, 1.54) is 0 Å². The number of ether oxygens (including phenoxy) is 1. The van der Waals surface area contributed by atoms with Gasteiger partial charge < -0.3 is 15.4 Å². The van der Waals surface area contributed by atoms with Gasteiger partial charge in [-0.3, -0.25) is 4.79 Å². The molecule has 120 valence electrons. The number of amides is 1. The van der Waals surface area contributed by atoms with E-state index in [9.17, 15) is 4.79 Å². The number of carbonyl (C=O) groups excluding carboxylic acids is 1. The minimum atomic E-state index is 0. The number of hydrogen-bond donors (Lipinski definition) is 2. The fourth-order valence-electron chi connectivity index (χ4n) is 1.80. The molecule has 0 heterocycles. The second kappa shape index (κ2) is 11.4. The Kier molecular flexibility index (Phi) is 10.7. The number of halogens is 1. The Balaban J connectivity index is 0.00000400. The predicted molar refractivity (Wildman–Crippen MR) is 89.4 cm³/mol. The van der Waals surface area contributed by atoms with Gasteiger partial charge in [0.05, 0.1) is 13.0 Å². The molecule has 5 heteroatoms. The maximum absolute atomic E-state index is 11.6. The summed E-state index contributed by atoms with van der Waals surface area (Å²) in [7, 11) is 0. The van der Waals surface area contributed by atoms with Crippen molar-refractivity contribution in [3.63, 3.8) is 0 Å². The summed E-state index contributed by atoms with van der Waals surface area (Å²) in [6.07, 6.45) is 1.50. The van der Waals surface area contributed by atoms with Crippen LogP contribution in [0.5, 0.6) is 5.75 Å². The summed E-state index contributed by atoms with van der Waals surface area (Å²) in [5.41, 5.74) is 2.26. The predicted octanol–water partition coefficient (Wildman–Crippen LogP) is 2.61. The molecular weight excluding hydrogens is 288 g/mol. The summed E-state index contributed by atoms with van der Waals surface area (Å²) in [6.45, 7) is 9.05. The van der Waals surface area contributed by atoms with Crippen molar-refractivity contribution in [2.45, 2.75) is 33.6 Å². The fraction of sp³-hybridized carbons (Fsp3) is 0.562. The molecule has 21 heavy (non-hydrogen) atoms. The van der Waals surface area contributed by atoms with Gasteiger partial charge in [-0.2, -0.15) is 0 Å². The first-order valence-electron chi connectivity index (χ1n) is 7.31. The Morgan fingerprint density at radius 2 is 1.95 bits per heavy atom. The van der Waals surface area contributed by atoms with Crippen molar-refractivity contribution in [1.82, 2.24) is 10.6 Å². The lowest BCUT2D eigenvalue weighted by molar-refractivity contribution is -0.121. The van der Waals surface area contributed by atoms with Crippen LogP contribution in [0.2, 0.25) is 0 Å². The van der Waals surface area contributed by atoms with Crippen molar-refractivity contribution in [1.29, 1.82) is 0 Å². The van der Waals surface area contributed by atoms with Crippen LogP contribution in [0.4, 0.5) is 0 Å². The van der Waals surface area contributed by atoms with Crippen molar-refractivity contribution in [2.24, 2.45) is 0 Å². The van der Waals surface area contributed by atoms with Crippen molar-refractivity contribution in [2.75, 3.05) is 26.2 Å². The van der Waals surface area contributed by atoms with E-state index in [-0.39, 0.29) is 18.3 Å². The van der Waals surface area contributed by atoms with E-state index < -0.39 is 0 Å². The van der Waals surface area contributed by atoms with Crippen LogP contribution >= 0.6 is 12.4 Å². The molecule has 0 bridgehead atoms. The first-order chi connectivity index (χ1) is 9.63. The minimum absolute atomic E-state index is 0. The molecule has 0 saturated carbocycles. The second-order valence-electron chi connectivity index (χ2n) is 4.97. The normalized spacial score (nSPS) is 9.86. The van der Waals surface area contributed by atoms with Crippen LogP contribution in [-0.2, 0) is 4.79 Å². The molecule has 0 aliphatic heterocycles. The highest BCUT2D eigenvalue weighted by Crippen LogP contribution is 2.19. The first kappa shape index (κ1) is 19.7. The van der Waals surface area contributed by atoms with E-state index in [1.807, 2.05) is 26.0 Å². The van der Waals surface area contributed by atoms with Crippen LogP contribution in [0.3, 0.4) is 0 Å². The third kappa shape index (κ3) is 8.58. The van der Waals surface area contributed by atoms with E-state index in [0.29, 0.717) is 19.6 Å². The molecule has 0 aliphatic carbocycles. The largest absolute Gasteiger partial charge is 0.493 e. The lowest BCUT2D eigenvalue weighted by Crippen LogP contribution is -2.32. The zero-order valence-corrected chi connectivity index (χ0v) is 14.0. The molecule has 1 rings (SSSR count). The Bertz CT molecular complexity index is 425. The van der Waals surface area contributed by atoms with Crippen molar-refractivity contribution in [3.05, 3.63) is 29.3 Å². The number of carbonyl (C=O) groups is 1. The molecule has 0 radical (unpaired) electrons. The Morgan fingerprint density at radius 1 is 1.19 bits per heavy atom. The van der Waals surface area contributed by atoms with Crippen LogP contribution in [0, 0.1) is 13.8 Å². The molecule has 2 N–H and O–H groups in total. The van der Waals surface area contributed by atoms with Crippen molar-refractivity contribution >= 4 is 18.3 Å². The Hall–Kier alpha value is -1.26. The van der Waals surface area contributed by atoms with Gasteiger partial charge in [0.15, 0.2) is 0 Å². The van der Waals surface area contributed by atoms with Gasteiger partial charge in [0.2, 0.25) is 5.91 Å². The maximum Gasteiger partial charge on any atom is 0.223 e. The highest BCUT2D eigenvalue weighted by molar-refractivity contribution is 5.85. The quantitative estimate of drug-likeness (QED) is 0.689. The molecule has 0 unspecified atom stereocenters. The van der Waals surface area contributed by atoms with Gasteiger partial charge in [0.25, 0.3) is 0 Å². The van der Waals surface area contributed by atoms with Crippen LogP contribution in [0.15, 0.2) is 18.2 Å². The number of rotatable bonds is 9. The molecule has 0 fully saturated rings. The standard InChI is InChI=1S/C16H26N2O2.ClH/c1-4-8-17-9-10-18-16(19)7-11-20-15-12-13(2)5-6-14(15)3;/h5-6,12,17H,4,7-11H2,1-3H3,(H,18,19);1H. The fourth-order valence-corrected chi connectivity index (χ4v) is 1.80. The Labute approximate surface area is 134 Å². The second-order valence-corrected chi connectivity index (χ2v) is 4.97. The summed E-state index contributed by atoms with van der Waals surface area (Å²) in [6, 6.07) is 6.09. The number of nitrogens with one attached hydrogen (secondary N) is 2. The van der Waals surface area contributed by atoms with Gasteiger partial charge in [0, 0.05) is 13.1 Å². The van der Waals surface area contributed by atoms with E-state index in [2.05, 4.69) is 23.6 Å². The zero-order valence-electron chi connectivity index (χ0n) is 13.2. The summed E-state index contributed by atoms with van der Waals surface area (Å²) in [5, 5.41) is 6.11. The SMILES string of the molecule is CCCNCCNC(=O)CCOc1cc(C)ccc1C.Cl. The maximum atomic E-state index is 11.6. The van der Waals surface area contributed by atoms with Crippen LogP contribution in [-0.4, -0.2) is 32.1 Å². The van der Waals surface area contributed by atoms with E-state index >= 15 is 0 Å². The van der Waals surface area contributed by atoms with E-state index in [4.69, 9.17) is 4.74 Å². The van der Waals surface area contributed by atoms with Crippen molar-refractivity contribution < 1.29 is 9.53 Å². The van der Waals surface area contributed by atoms with Gasteiger partial charge >= 0.3 is 0 Å². The monoisotopic (exact) mass is 314 g/mol. The first-order valence-corrected chi connectivity index (χ1v) is 7.31.